The summed E-state index contributed by atoms with van der Waals surface area (Å²) in [5.74, 6) is 0.502. The van der Waals surface area contributed by atoms with Crippen LogP contribution in [0.25, 0.3) is 0 Å². The molecule has 0 saturated heterocycles. The van der Waals surface area contributed by atoms with E-state index in [0.717, 1.165) is 5.56 Å². The van der Waals surface area contributed by atoms with Gasteiger partial charge >= 0.3 is 6.01 Å². The number of carbonyl (C=O) groups excluding carboxylic acids is 1. The minimum Gasteiger partial charge on any atom is -0.408 e. The molecule has 0 spiro atoms. The zero-order valence-corrected chi connectivity index (χ0v) is 10.4. The van der Waals surface area contributed by atoms with E-state index in [-0.39, 0.29) is 17.8 Å². The van der Waals surface area contributed by atoms with E-state index in [0.29, 0.717) is 12.3 Å². The molecule has 5 heteroatoms. The van der Waals surface area contributed by atoms with Crippen LogP contribution in [-0.4, -0.2) is 16.1 Å². The van der Waals surface area contributed by atoms with Gasteiger partial charge in [0.25, 0.3) is 0 Å². The molecule has 0 unspecified atom stereocenters. The van der Waals surface area contributed by atoms with Crippen molar-refractivity contribution in [2.45, 2.75) is 26.2 Å². The van der Waals surface area contributed by atoms with Crippen LogP contribution in [0, 0.1) is 0 Å². The summed E-state index contributed by atoms with van der Waals surface area (Å²) in [4.78, 5) is 11.7. The molecule has 1 N–H and O–H groups in total. The molecule has 94 valence electrons. The van der Waals surface area contributed by atoms with Crippen LogP contribution in [0.1, 0.15) is 31.2 Å². The maximum Gasteiger partial charge on any atom is 0.322 e. The largest absolute Gasteiger partial charge is 0.408 e. The molecule has 0 aliphatic rings. The predicted molar refractivity (Wildman–Crippen MR) is 67.2 cm³/mol. The third kappa shape index (κ3) is 3.16. The van der Waals surface area contributed by atoms with Crippen LogP contribution in [0.15, 0.2) is 34.7 Å². The lowest BCUT2D eigenvalue weighted by atomic mass is 10.1. The first-order chi connectivity index (χ1) is 8.65. The Labute approximate surface area is 105 Å². The second-order valence-corrected chi connectivity index (χ2v) is 4.31. The summed E-state index contributed by atoms with van der Waals surface area (Å²) in [7, 11) is 0. The highest BCUT2D eigenvalue weighted by molar-refractivity contribution is 5.90. The number of benzene rings is 1. The van der Waals surface area contributed by atoms with Gasteiger partial charge in [-0.2, -0.15) is 0 Å². The minimum atomic E-state index is -0.167. The molecule has 0 fully saturated rings. The Kier molecular flexibility index (Phi) is 3.72. The summed E-state index contributed by atoms with van der Waals surface area (Å²) < 4.78 is 5.30. The number of anilines is 1. The fourth-order valence-electron chi connectivity index (χ4n) is 1.46. The number of amides is 1. The van der Waals surface area contributed by atoms with Gasteiger partial charge in [0, 0.05) is 5.92 Å². The molecule has 18 heavy (non-hydrogen) atoms. The van der Waals surface area contributed by atoms with E-state index >= 15 is 0 Å². The van der Waals surface area contributed by atoms with E-state index in [1.807, 2.05) is 44.2 Å². The molecule has 1 aromatic carbocycles. The van der Waals surface area contributed by atoms with E-state index < -0.39 is 0 Å². The van der Waals surface area contributed by atoms with Crippen molar-refractivity contribution >= 4 is 11.9 Å². The first kappa shape index (κ1) is 12.3. The van der Waals surface area contributed by atoms with E-state index in [9.17, 15) is 4.79 Å². The molecular formula is C13H15N3O2. The van der Waals surface area contributed by atoms with Gasteiger partial charge in [-0.25, -0.2) is 0 Å². The molecule has 2 aromatic rings. The van der Waals surface area contributed by atoms with Crippen LogP contribution >= 0.6 is 0 Å². The maximum atomic E-state index is 11.7. The van der Waals surface area contributed by atoms with Crippen molar-refractivity contribution in [3.05, 3.63) is 41.8 Å². The first-order valence-electron chi connectivity index (χ1n) is 5.82. The monoisotopic (exact) mass is 245 g/mol. The second kappa shape index (κ2) is 5.44. The summed E-state index contributed by atoms with van der Waals surface area (Å²) in [5, 5.41) is 10.2. The van der Waals surface area contributed by atoms with E-state index in [4.69, 9.17) is 4.42 Å². The third-order valence-electron chi connectivity index (χ3n) is 2.39. The van der Waals surface area contributed by atoms with Crippen molar-refractivity contribution < 1.29 is 9.21 Å². The van der Waals surface area contributed by atoms with Gasteiger partial charge in [0.05, 0.1) is 6.42 Å². The quantitative estimate of drug-likeness (QED) is 0.897. The molecule has 0 bridgehead atoms. The molecular weight excluding hydrogens is 230 g/mol. The van der Waals surface area contributed by atoms with Gasteiger partial charge < -0.3 is 4.42 Å². The highest BCUT2D eigenvalue weighted by Crippen LogP contribution is 2.14. The summed E-state index contributed by atoms with van der Waals surface area (Å²) in [6.07, 6.45) is 0.292. The molecule has 1 amide bonds. The Morgan fingerprint density at radius 3 is 2.61 bits per heavy atom. The fourth-order valence-corrected chi connectivity index (χ4v) is 1.46. The van der Waals surface area contributed by atoms with Crippen LogP contribution in [-0.2, 0) is 11.2 Å². The van der Waals surface area contributed by atoms with Gasteiger partial charge in [-0.15, -0.1) is 5.10 Å². The van der Waals surface area contributed by atoms with Gasteiger partial charge in [-0.1, -0.05) is 49.3 Å². The zero-order valence-electron chi connectivity index (χ0n) is 10.4. The van der Waals surface area contributed by atoms with Crippen LogP contribution in [0.4, 0.5) is 6.01 Å². The molecule has 5 nitrogen and oxygen atoms in total. The number of nitrogens with zero attached hydrogens (tertiary/aromatic N) is 2. The zero-order chi connectivity index (χ0) is 13.0. The summed E-state index contributed by atoms with van der Waals surface area (Å²) in [6.45, 7) is 3.90. The molecule has 0 atom stereocenters. The van der Waals surface area contributed by atoms with Crippen molar-refractivity contribution in [3.8, 4) is 0 Å². The third-order valence-corrected chi connectivity index (χ3v) is 2.39. The van der Waals surface area contributed by atoms with Crippen molar-refractivity contribution in [3.63, 3.8) is 0 Å². The number of aromatic nitrogens is 2. The average Bonchev–Trinajstić information content (AvgIpc) is 2.78. The Bertz CT molecular complexity index is 520. The lowest BCUT2D eigenvalue weighted by Crippen LogP contribution is -2.14. The normalized spacial score (nSPS) is 10.6. The molecule has 0 radical (unpaired) electrons. The van der Waals surface area contributed by atoms with Crippen molar-refractivity contribution in [1.82, 2.24) is 10.2 Å². The second-order valence-electron chi connectivity index (χ2n) is 4.31. The Morgan fingerprint density at radius 2 is 2.00 bits per heavy atom. The van der Waals surface area contributed by atoms with E-state index in [1.54, 1.807) is 0 Å². The summed E-state index contributed by atoms with van der Waals surface area (Å²) in [5.41, 5.74) is 0.943. The standard InChI is InChI=1S/C13H15N3O2/c1-9(2)12-15-16-13(18-12)14-11(17)8-10-6-4-3-5-7-10/h3-7,9H,8H2,1-2H3,(H,14,16,17). The number of nitrogens with one attached hydrogen (secondary N) is 1. The number of hydrogen-bond acceptors (Lipinski definition) is 4. The molecule has 0 aliphatic carbocycles. The number of carbonyl (C=O) groups is 1. The number of hydrogen-bond donors (Lipinski definition) is 1. The molecule has 1 heterocycles. The van der Waals surface area contributed by atoms with Crippen LogP contribution < -0.4 is 5.32 Å². The number of rotatable bonds is 4. The maximum absolute atomic E-state index is 11.7. The van der Waals surface area contributed by atoms with E-state index in [2.05, 4.69) is 15.5 Å². The average molecular weight is 245 g/mol. The Morgan fingerprint density at radius 1 is 1.28 bits per heavy atom. The predicted octanol–water partition coefficient (Wildman–Crippen LogP) is 2.37. The molecule has 0 saturated carbocycles. The lowest BCUT2D eigenvalue weighted by molar-refractivity contribution is -0.115. The van der Waals surface area contributed by atoms with Crippen LogP contribution in [0.2, 0.25) is 0 Å². The summed E-state index contributed by atoms with van der Waals surface area (Å²) in [6, 6.07) is 9.65. The SMILES string of the molecule is CC(C)c1nnc(NC(=O)Cc2ccccc2)o1. The highest BCUT2D eigenvalue weighted by Gasteiger charge is 2.12. The van der Waals surface area contributed by atoms with Gasteiger partial charge in [-0.3, -0.25) is 10.1 Å². The smallest absolute Gasteiger partial charge is 0.322 e. The Balaban J connectivity index is 1.95. The minimum absolute atomic E-state index is 0.150. The Hall–Kier alpha value is -2.17. The fraction of sp³-hybridized carbons (Fsp3) is 0.308. The topological polar surface area (TPSA) is 68.0 Å². The molecule has 1 aromatic heterocycles. The van der Waals surface area contributed by atoms with Crippen LogP contribution in [0.5, 0.6) is 0 Å². The summed E-state index contributed by atoms with van der Waals surface area (Å²) >= 11 is 0. The molecule has 0 aliphatic heterocycles. The first-order valence-corrected chi connectivity index (χ1v) is 5.82. The van der Waals surface area contributed by atoms with Gasteiger partial charge in [0.15, 0.2) is 0 Å². The van der Waals surface area contributed by atoms with E-state index in [1.165, 1.54) is 0 Å². The van der Waals surface area contributed by atoms with Crippen molar-refractivity contribution in [1.29, 1.82) is 0 Å². The highest BCUT2D eigenvalue weighted by atomic mass is 16.4. The van der Waals surface area contributed by atoms with Gasteiger partial charge in [0.2, 0.25) is 11.8 Å². The lowest BCUT2D eigenvalue weighted by Gasteiger charge is -2.00. The van der Waals surface area contributed by atoms with Crippen LogP contribution in [0.3, 0.4) is 0 Å². The van der Waals surface area contributed by atoms with Gasteiger partial charge in [-0.05, 0) is 5.56 Å². The van der Waals surface area contributed by atoms with Gasteiger partial charge in [0.1, 0.15) is 0 Å². The van der Waals surface area contributed by atoms with Crippen molar-refractivity contribution in [2.75, 3.05) is 5.32 Å². The van der Waals surface area contributed by atoms with Crippen molar-refractivity contribution in [2.24, 2.45) is 0 Å². The molecule has 2 rings (SSSR count).